The molecular formula is C9H20INO. The van der Waals surface area contributed by atoms with Crippen LogP contribution in [0.15, 0.2) is 0 Å². The van der Waals surface area contributed by atoms with Crippen LogP contribution in [-0.2, 0) is 4.79 Å². The summed E-state index contributed by atoms with van der Waals surface area (Å²) in [4.78, 5) is 9.96. The zero-order valence-corrected chi connectivity index (χ0v) is 10.5. The summed E-state index contributed by atoms with van der Waals surface area (Å²) < 4.78 is 1.03. The highest BCUT2D eigenvalue weighted by atomic mass is 127. The van der Waals surface area contributed by atoms with Crippen LogP contribution >= 0.6 is 0 Å². The Morgan fingerprint density at radius 3 is 2.08 bits per heavy atom. The Kier molecular flexibility index (Phi) is 9.88. The van der Waals surface area contributed by atoms with Crippen LogP contribution in [0.25, 0.3) is 0 Å². The van der Waals surface area contributed by atoms with E-state index in [-0.39, 0.29) is 24.0 Å². The van der Waals surface area contributed by atoms with Crippen molar-refractivity contribution in [1.82, 2.24) is 0 Å². The highest BCUT2D eigenvalue weighted by molar-refractivity contribution is 5.48. The number of hydrogen-bond acceptors (Lipinski definition) is 1. The second-order valence-electron chi connectivity index (χ2n) is 4.03. The third kappa shape index (κ3) is 13.0. The van der Waals surface area contributed by atoms with Gasteiger partial charge in [0, 0.05) is 6.42 Å². The van der Waals surface area contributed by atoms with E-state index in [4.69, 9.17) is 0 Å². The Bertz CT molecular complexity index is 110. The van der Waals surface area contributed by atoms with Crippen LogP contribution in [0, 0.1) is 0 Å². The molecule has 0 aromatic carbocycles. The number of halogens is 1. The number of hydrogen-bond donors (Lipinski definition) is 0. The molecule has 12 heavy (non-hydrogen) atoms. The molecular weight excluding hydrogens is 265 g/mol. The van der Waals surface area contributed by atoms with Crippen LogP contribution in [0.1, 0.15) is 25.7 Å². The Labute approximate surface area is 92.9 Å². The van der Waals surface area contributed by atoms with E-state index in [9.17, 15) is 4.79 Å². The largest absolute Gasteiger partial charge is 1.00 e. The van der Waals surface area contributed by atoms with Crippen molar-refractivity contribution in [1.29, 1.82) is 0 Å². The number of nitrogens with zero attached hydrogens (tertiary/aromatic N) is 1. The van der Waals surface area contributed by atoms with E-state index in [0.29, 0.717) is 0 Å². The molecule has 0 radical (unpaired) electrons. The number of aldehydes is 1. The molecule has 0 unspecified atom stereocenters. The average molecular weight is 285 g/mol. The third-order valence-corrected chi connectivity index (χ3v) is 1.65. The van der Waals surface area contributed by atoms with E-state index >= 15 is 0 Å². The molecule has 0 rings (SSSR count). The fourth-order valence-electron chi connectivity index (χ4n) is 0.991. The summed E-state index contributed by atoms with van der Waals surface area (Å²) in [5, 5.41) is 0. The number of unbranched alkanes of at least 4 members (excludes halogenated alkanes) is 3. The highest BCUT2D eigenvalue weighted by Gasteiger charge is 2.04. The summed E-state index contributed by atoms with van der Waals surface area (Å²) in [6.07, 6.45) is 5.22. The second-order valence-corrected chi connectivity index (χ2v) is 4.03. The number of quaternary nitrogens is 1. The van der Waals surface area contributed by atoms with Gasteiger partial charge in [-0.15, -0.1) is 0 Å². The quantitative estimate of drug-likeness (QED) is 0.250. The van der Waals surface area contributed by atoms with Gasteiger partial charge in [0.1, 0.15) is 6.29 Å². The van der Waals surface area contributed by atoms with Gasteiger partial charge in [-0.05, 0) is 19.3 Å². The second kappa shape index (κ2) is 7.98. The molecule has 0 spiro atoms. The van der Waals surface area contributed by atoms with Gasteiger partial charge < -0.3 is 33.3 Å². The molecule has 0 aromatic rings. The first-order valence-electron chi connectivity index (χ1n) is 4.30. The molecule has 0 N–H and O–H groups in total. The van der Waals surface area contributed by atoms with Crippen LogP contribution < -0.4 is 24.0 Å². The number of carbonyl (C=O) groups excluding carboxylic acids is 1. The minimum atomic E-state index is 0. The first kappa shape index (κ1) is 14.9. The zero-order valence-electron chi connectivity index (χ0n) is 8.35. The molecule has 3 heteroatoms. The molecule has 0 aliphatic carbocycles. The molecule has 0 saturated carbocycles. The summed E-state index contributed by atoms with van der Waals surface area (Å²) in [7, 11) is 6.58. The fourth-order valence-corrected chi connectivity index (χ4v) is 0.991. The summed E-state index contributed by atoms with van der Waals surface area (Å²) in [5.41, 5.74) is 0. The molecule has 74 valence electrons. The van der Waals surface area contributed by atoms with E-state index in [1.165, 1.54) is 19.4 Å². The van der Waals surface area contributed by atoms with Gasteiger partial charge in [0.05, 0.1) is 27.7 Å². The molecule has 0 bridgehead atoms. The summed E-state index contributed by atoms with van der Waals surface area (Å²) in [5.74, 6) is 0. The van der Waals surface area contributed by atoms with Crippen molar-refractivity contribution in [2.75, 3.05) is 27.7 Å². The lowest BCUT2D eigenvalue weighted by Gasteiger charge is -2.23. The monoisotopic (exact) mass is 285 g/mol. The Balaban J connectivity index is 0. The van der Waals surface area contributed by atoms with Gasteiger partial charge in [-0.2, -0.15) is 0 Å². The van der Waals surface area contributed by atoms with E-state index in [2.05, 4.69) is 21.1 Å². The van der Waals surface area contributed by atoms with Crippen molar-refractivity contribution in [3.05, 3.63) is 0 Å². The van der Waals surface area contributed by atoms with Crippen LogP contribution in [-0.4, -0.2) is 38.5 Å². The predicted octanol–water partition coefficient (Wildman–Crippen LogP) is -1.54. The van der Waals surface area contributed by atoms with E-state index in [0.717, 1.165) is 23.6 Å². The van der Waals surface area contributed by atoms with Crippen molar-refractivity contribution in [3.8, 4) is 0 Å². The highest BCUT2D eigenvalue weighted by Crippen LogP contribution is 2.01. The normalized spacial score (nSPS) is 10.6. The van der Waals surface area contributed by atoms with Crippen molar-refractivity contribution in [2.45, 2.75) is 25.7 Å². The standard InChI is InChI=1S/C9H20NO.HI/c1-10(2,3)8-6-4-5-7-9-11;/h9H,4-8H2,1-3H3;1H/q+1;/p-1. The van der Waals surface area contributed by atoms with Crippen LogP contribution in [0.5, 0.6) is 0 Å². The average Bonchev–Trinajstić information content (AvgIpc) is 1.85. The number of carbonyl (C=O) groups is 1. The SMILES string of the molecule is C[N+](C)(C)CCCCCC=O.[I-]. The van der Waals surface area contributed by atoms with E-state index in [1.807, 2.05) is 0 Å². The van der Waals surface area contributed by atoms with Gasteiger partial charge in [-0.25, -0.2) is 0 Å². The maximum absolute atomic E-state index is 9.96. The smallest absolute Gasteiger partial charge is 0.119 e. The Morgan fingerprint density at radius 1 is 1.08 bits per heavy atom. The molecule has 2 nitrogen and oxygen atoms in total. The molecule has 0 heterocycles. The maximum Gasteiger partial charge on any atom is 0.119 e. The zero-order chi connectivity index (χ0) is 8.74. The van der Waals surface area contributed by atoms with Gasteiger partial charge in [0.25, 0.3) is 0 Å². The summed E-state index contributed by atoms with van der Waals surface area (Å²) in [6.45, 7) is 1.21. The van der Waals surface area contributed by atoms with Crippen molar-refractivity contribution >= 4 is 6.29 Å². The van der Waals surface area contributed by atoms with Crippen molar-refractivity contribution < 1.29 is 33.3 Å². The molecule has 0 fully saturated rings. The summed E-state index contributed by atoms with van der Waals surface area (Å²) >= 11 is 0. The molecule has 0 aromatic heterocycles. The Morgan fingerprint density at radius 2 is 1.67 bits per heavy atom. The lowest BCUT2D eigenvalue weighted by atomic mass is 10.2. The maximum atomic E-state index is 9.96. The van der Waals surface area contributed by atoms with E-state index < -0.39 is 0 Å². The van der Waals surface area contributed by atoms with Gasteiger partial charge in [-0.3, -0.25) is 0 Å². The minimum Gasteiger partial charge on any atom is -1.00 e. The van der Waals surface area contributed by atoms with Crippen LogP contribution in [0.4, 0.5) is 0 Å². The molecule has 0 aliphatic heterocycles. The first-order chi connectivity index (χ1) is 5.06. The molecule has 0 amide bonds. The fraction of sp³-hybridized carbons (Fsp3) is 0.889. The molecule has 0 aliphatic rings. The predicted molar refractivity (Wildman–Crippen MR) is 47.4 cm³/mol. The number of rotatable bonds is 6. The van der Waals surface area contributed by atoms with Gasteiger partial charge in [0.2, 0.25) is 0 Å². The van der Waals surface area contributed by atoms with Crippen molar-refractivity contribution in [2.24, 2.45) is 0 Å². The molecule has 0 atom stereocenters. The lowest BCUT2D eigenvalue weighted by molar-refractivity contribution is -0.870. The Hall–Kier alpha value is 0.360. The van der Waals surface area contributed by atoms with Gasteiger partial charge in [-0.1, -0.05) is 0 Å². The first-order valence-corrected chi connectivity index (χ1v) is 4.30. The van der Waals surface area contributed by atoms with Crippen LogP contribution in [0.2, 0.25) is 0 Å². The van der Waals surface area contributed by atoms with Gasteiger partial charge >= 0.3 is 0 Å². The third-order valence-electron chi connectivity index (χ3n) is 1.65. The lowest BCUT2D eigenvalue weighted by Crippen LogP contribution is -3.00. The summed E-state index contributed by atoms with van der Waals surface area (Å²) in [6, 6.07) is 0. The topological polar surface area (TPSA) is 17.1 Å². The molecule has 0 saturated heterocycles. The van der Waals surface area contributed by atoms with Crippen LogP contribution in [0.3, 0.4) is 0 Å². The minimum absolute atomic E-state index is 0. The van der Waals surface area contributed by atoms with E-state index in [1.54, 1.807) is 0 Å². The van der Waals surface area contributed by atoms with Crippen molar-refractivity contribution in [3.63, 3.8) is 0 Å². The van der Waals surface area contributed by atoms with Gasteiger partial charge in [0.15, 0.2) is 0 Å².